The fourth-order valence-electron chi connectivity index (χ4n) is 2.29. The first-order chi connectivity index (χ1) is 12.2. The zero-order valence-electron chi connectivity index (χ0n) is 13.3. The lowest BCUT2D eigenvalue weighted by Crippen LogP contribution is -2.29. The van der Waals surface area contributed by atoms with Gasteiger partial charge in [-0.2, -0.15) is 0 Å². The number of anilines is 1. The van der Waals surface area contributed by atoms with Crippen molar-refractivity contribution in [3.8, 4) is 11.5 Å². The topological polar surface area (TPSA) is 99.3 Å². The van der Waals surface area contributed by atoms with E-state index in [1.165, 1.54) is 12.1 Å². The van der Waals surface area contributed by atoms with Gasteiger partial charge in [-0.3, -0.25) is 4.79 Å². The minimum Gasteiger partial charge on any atom is -0.453 e. The quantitative estimate of drug-likeness (QED) is 0.492. The molecule has 0 unspecified atom stereocenters. The van der Waals surface area contributed by atoms with Gasteiger partial charge in [-0.15, -0.1) is 0 Å². The lowest BCUT2D eigenvalue weighted by atomic mass is 10.2. The molecule has 2 heterocycles. The van der Waals surface area contributed by atoms with Gasteiger partial charge in [0.25, 0.3) is 0 Å². The summed E-state index contributed by atoms with van der Waals surface area (Å²) < 4.78 is 19.9. The molecule has 8 heteroatoms. The molecule has 0 radical (unpaired) electrons. The maximum atomic E-state index is 14.3. The van der Waals surface area contributed by atoms with Crippen molar-refractivity contribution in [3.63, 3.8) is 0 Å². The van der Waals surface area contributed by atoms with E-state index in [0.29, 0.717) is 23.6 Å². The number of aliphatic hydroxyl groups excluding tert-OH is 1. The maximum Gasteiger partial charge on any atom is 0.238 e. The van der Waals surface area contributed by atoms with Crippen molar-refractivity contribution in [1.82, 2.24) is 15.3 Å². The number of carbonyl (C=O) groups excluding carboxylic acids is 1. The SMILES string of the molecule is O=C(CNCCO)Nc1ccc(Oc2ccnc3[nH]ccc23)c(F)c1. The van der Waals surface area contributed by atoms with Crippen LogP contribution >= 0.6 is 0 Å². The number of hydrogen-bond donors (Lipinski definition) is 4. The van der Waals surface area contributed by atoms with Crippen LogP contribution in [0.25, 0.3) is 11.0 Å². The number of aromatic nitrogens is 2. The van der Waals surface area contributed by atoms with Crippen LogP contribution < -0.4 is 15.4 Å². The number of pyridine rings is 1. The molecule has 1 aromatic carbocycles. The van der Waals surface area contributed by atoms with Gasteiger partial charge in [0.1, 0.15) is 11.4 Å². The van der Waals surface area contributed by atoms with Crippen LogP contribution in [-0.4, -0.2) is 40.7 Å². The van der Waals surface area contributed by atoms with Crippen molar-refractivity contribution in [2.24, 2.45) is 0 Å². The number of nitrogens with one attached hydrogen (secondary N) is 3. The summed E-state index contributed by atoms with van der Waals surface area (Å²) in [6.45, 7) is 0.286. The summed E-state index contributed by atoms with van der Waals surface area (Å²) in [6.07, 6.45) is 3.30. The van der Waals surface area contributed by atoms with Crippen molar-refractivity contribution in [3.05, 3.63) is 48.5 Å². The predicted molar refractivity (Wildman–Crippen MR) is 91.2 cm³/mol. The molecule has 1 amide bonds. The number of carbonyl (C=O) groups is 1. The number of nitrogens with zero attached hydrogens (tertiary/aromatic N) is 1. The van der Waals surface area contributed by atoms with Crippen molar-refractivity contribution < 1.29 is 19.0 Å². The summed E-state index contributed by atoms with van der Waals surface area (Å²) in [7, 11) is 0. The van der Waals surface area contributed by atoms with Crippen LogP contribution in [0.2, 0.25) is 0 Å². The fourth-order valence-corrected chi connectivity index (χ4v) is 2.29. The Kier molecular flexibility index (Phi) is 5.22. The van der Waals surface area contributed by atoms with Gasteiger partial charge in [-0.25, -0.2) is 9.37 Å². The van der Waals surface area contributed by atoms with Crippen LogP contribution in [0.5, 0.6) is 11.5 Å². The Morgan fingerprint density at radius 1 is 1.28 bits per heavy atom. The first kappa shape index (κ1) is 16.9. The number of ether oxygens (including phenoxy) is 1. The molecule has 0 fully saturated rings. The monoisotopic (exact) mass is 344 g/mol. The summed E-state index contributed by atoms with van der Waals surface area (Å²) in [6, 6.07) is 7.64. The Labute approximate surface area is 142 Å². The lowest BCUT2D eigenvalue weighted by Gasteiger charge is -2.10. The number of benzene rings is 1. The Hall–Kier alpha value is -2.97. The third kappa shape index (κ3) is 4.11. The highest BCUT2D eigenvalue weighted by Crippen LogP contribution is 2.30. The maximum absolute atomic E-state index is 14.3. The molecular formula is C17H17FN4O3. The van der Waals surface area contributed by atoms with Crippen molar-refractivity contribution >= 4 is 22.6 Å². The molecule has 0 aliphatic heterocycles. The highest BCUT2D eigenvalue weighted by Gasteiger charge is 2.11. The van der Waals surface area contributed by atoms with Crippen LogP contribution in [-0.2, 0) is 4.79 Å². The van der Waals surface area contributed by atoms with E-state index in [4.69, 9.17) is 9.84 Å². The molecular weight excluding hydrogens is 327 g/mol. The number of fused-ring (bicyclic) bond motifs is 1. The first-order valence-electron chi connectivity index (χ1n) is 7.68. The highest BCUT2D eigenvalue weighted by molar-refractivity contribution is 5.92. The number of halogens is 1. The van der Waals surface area contributed by atoms with Gasteiger partial charge in [0.05, 0.1) is 18.5 Å². The lowest BCUT2D eigenvalue weighted by molar-refractivity contribution is -0.115. The van der Waals surface area contributed by atoms with Gasteiger partial charge in [0.2, 0.25) is 5.91 Å². The minimum atomic E-state index is -0.596. The standard InChI is InChI=1S/C17H17FN4O3/c18-13-9-11(22-16(24)10-19-7-8-23)1-2-15(13)25-14-4-6-21-17-12(14)3-5-20-17/h1-6,9,19,23H,7-8,10H2,(H,20,21)(H,22,24). The van der Waals surface area contributed by atoms with Gasteiger partial charge in [-0.05, 0) is 24.3 Å². The molecule has 2 aromatic heterocycles. The largest absolute Gasteiger partial charge is 0.453 e. The van der Waals surface area contributed by atoms with E-state index >= 15 is 0 Å². The third-order valence-electron chi connectivity index (χ3n) is 3.43. The summed E-state index contributed by atoms with van der Waals surface area (Å²) in [5.74, 6) is -0.397. The van der Waals surface area contributed by atoms with E-state index in [9.17, 15) is 9.18 Å². The van der Waals surface area contributed by atoms with E-state index in [0.717, 1.165) is 5.39 Å². The van der Waals surface area contributed by atoms with E-state index in [2.05, 4.69) is 20.6 Å². The molecule has 3 aromatic rings. The number of aliphatic hydroxyl groups is 1. The second kappa shape index (κ2) is 7.73. The second-order valence-corrected chi connectivity index (χ2v) is 5.24. The molecule has 0 saturated carbocycles. The zero-order chi connectivity index (χ0) is 17.6. The third-order valence-corrected chi connectivity index (χ3v) is 3.43. The highest BCUT2D eigenvalue weighted by atomic mass is 19.1. The number of hydrogen-bond acceptors (Lipinski definition) is 5. The van der Waals surface area contributed by atoms with E-state index in [1.54, 1.807) is 30.6 Å². The van der Waals surface area contributed by atoms with Crippen LogP contribution in [0.15, 0.2) is 42.7 Å². The Morgan fingerprint density at radius 2 is 2.16 bits per heavy atom. The average molecular weight is 344 g/mol. The molecule has 0 atom stereocenters. The Bertz CT molecular complexity index is 881. The molecule has 25 heavy (non-hydrogen) atoms. The van der Waals surface area contributed by atoms with Crippen molar-refractivity contribution in [1.29, 1.82) is 0 Å². The Morgan fingerprint density at radius 3 is 2.96 bits per heavy atom. The van der Waals surface area contributed by atoms with Crippen LogP contribution in [0, 0.1) is 5.82 Å². The summed E-state index contributed by atoms with van der Waals surface area (Å²) in [5, 5.41) is 14.7. The zero-order valence-corrected chi connectivity index (χ0v) is 13.3. The number of aromatic amines is 1. The molecule has 130 valence electrons. The van der Waals surface area contributed by atoms with Gasteiger partial charge in [0.15, 0.2) is 11.6 Å². The Balaban J connectivity index is 1.70. The van der Waals surface area contributed by atoms with Crippen molar-refractivity contribution in [2.45, 2.75) is 0 Å². The van der Waals surface area contributed by atoms with E-state index in [1.807, 2.05) is 0 Å². The van der Waals surface area contributed by atoms with Crippen LogP contribution in [0.4, 0.5) is 10.1 Å². The average Bonchev–Trinajstić information content (AvgIpc) is 3.07. The molecule has 0 bridgehead atoms. The molecule has 0 aliphatic rings. The van der Waals surface area contributed by atoms with Crippen LogP contribution in [0.3, 0.4) is 0 Å². The summed E-state index contributed by atoms with van der Waals surface area (Å²) in [5.41, 5.74) is 0.972. The molecule has 4 N–H and O–H groups in total. The molecule has 3 rings (SSSR count). The van der Waals surface area contributed by atoms with E-state index < -0.39 is 5.82 Å². The van der Waals surface area contributed by atoms with Crippen LogP contribution in [0.1, 0.15) is 0 Å². The van der Waals surface area contributed by atoms with Gasteiger partial charge in [0, 0.05) is 30.7 Å². The molecule has 7 nitrogen and oxygen atoms in total. The molecule has 0 aliphatic carbocycles. The van der Waals surface area contributed by atoms with Crippen molar-refractivity contribution in [2.75, 3.05) is 25.0 Å². The molecule has 0 saturated heterocycles. The molecule has 0 spiro atoms. The number of H-pyrrole nitrogens is 1. The van der Waals surface area contributed by atoms with Gasteiger partial charge >= 0.3 is 0 Å². The van der Waals surface area contributed by atoms with Gasteiger partial charge in [-0.1, -0.05) is 0 Å². The smallest absolute Gasteiger partial charge is 0.238 e. The summed E-state index contributed by atoms with van der Waals surface area (Å²) >= 11 is 0. The predicted octanol–water partition coefficient (Wildman–Crippen LogP) is 2.01. The van der Waals surface area contributed by atoms with Gasteiger partial charge < -0.3 is 25.5 Å². The summed E-state index contributed by atoms with van der Waals surface area (Å²) in [4.78, 5) is 18.8. The van der Waals surface area contributed by atoms with E-state index in [-0.39, 0.29) is 24.8 Å². The normalized spacial score (nSPS) is 10.8. The second-order valence-electron chi connectivity index (χ2n) is 5.24. The first-order valence-corrected chi connectivity index (χ1v) is 7.68. The number of rotatable bonds is 7. The number of amides is 1. The minimum absolute atomic E-state index is 0.0307. The fraction of sp³-hybridized carbons (Fsp3) is 0.176.